The van der Waals surface area contributed by atoms with Gasteiger partial charge in [0.15, 0.2) is 0 Å². The Morgan fingerprint density at radius 1 is 0.867 bits per heavy atom. The molecule has 0 atom stereocenters. The first-order chi connectivity index (χ1) is 14.6. The average Bonchev–Trinajstić information content (AvgIpc) is 2.72. The molecule has 5 heteroatoms. The van der Waals surface area contributed by atoms with Gasteiger partial charge in [-0.2, -0.15) is 0 Å². The van der Waals surface area contributed by atoms with E-state index in [2.05, 4.69) is 10.6 Å². The Morgan fingerprint density at radius 2 is 1.47 bits per heavy atom. The van der Waals surface area contributed by atoms with Gasteiger partial charge in [0.2, 0.25) is 5.91 Å². The highest BCUT2D eigenvalue weighted by atomic mass is 32.2. The van der Waals surface area contributed by atoms with Crippen molar-refractivity contribution in [1.82, 2.24) is 5.32 Å². The average molecular weight is 421 g/mol. The summed E-state index contributed by atoms with van der Waals surface area (Å²) in [6, 6.07) is 17.0. The summed E-state index contributed by atoms with van der Waals surface area (Å²) in [5.41, 5.74) is 1.41. The van der Waals surface area contributed by atoms with Crippen molar-refractivity contribution in [3.8, 4) is 0 Å². The number of nitrogens with one attached hydrogen (secondary N) is 2. The minimum absolute atomic E-state index is 0.0383. The van der Waals surface area contributed by atoms with Crippen LogP contribution in [0.25, 0.3) is 0 Å². The summed E-state index contributed by atoms with van der Waals surface area (Å²) in [4.78, 5) is 26.4. The number of para-hydroxylation sites is 1. The van der Waals surface area contributed by atoms with Gasteiger partial charge in [-0.3, -0.25) is 9.59 Å². The third-order valence-electron chi connectivity index (χ3n) is 6.96. The van der Waals surface area contributed by atoms with E-state index < -0.39 is 0 Å². The molecule has 0 unspecified atom stereocenters. The molecule has 0 aromatic heterocycles. The highest BCUT2D eigenvalue weighted by molar-refractivity contribution is 8.00. The minimum atomic E-state index is -0.147. The molecule has 0 aliphatic heterocycles. The fourth-order valence-corrected chi connectivity index (χ4v) is 7.09. The molecule has 6 rings (SSSR count). The van der Waals surface area contributed by atoms with Gasteiger partial charge in [0.25, 0.3) is 5.91 Å². The van der Waals surface area contributed by atoms with E-state index in [4.69, 9.17) is 0 Å². The van der Waals surface area contributed by atoms with E-state index in [0.717, 1.165) is 47.6 Å². The predicted molar refractivity (Wildman–Crippen MR) is 121 cm³/mol. The molecule has 0 spiro atoms. The summed E-state index contributed by atoms with van der Waals surface area (Å²) in [5.74, 6) is 2.73. The van der Waals surface area contributed by atoms with E-state index in [-0.39, 0.29) is 17.4 Å². The Morgan fingerprint density at radius 3 is 2.13 bits per heavy atom. The van der Waals surface area contributed by atoms with Crippen molar-refractivity contribution in [2.75, 3.05) is 11.1 Å². The summed E-state index contributed by atoms with van der Waals surface area (Å²) in [6.45, 7) is 0. The van der Waals surface area contributed by atoms with E-state index >= 15 is 0 Å². The molecule has 0 saturated heterocycles. The van der Waals surface area contributed by atoms with Gasteiger partial charge in [-0.25, -0.2) is 0 Å². The first-order valence-electron chi connectivity index (χ1n) is 11.0. The van der Waals surface area contributed by atoms with Gasteiger partial charge in [0, 0.05) is 16.1 Å². The highest BCUT2D eigenvalue weighted by Gasteiger charge is 2.51. The third kappa shape index (κ3) is 4.13. The smallest absolute Gasteiger partial charge is 0.256 e. The molecule has 2 aromatic carbocycles. The molecular weight excluding hydrogens is 392 g/mol. The highest BCUT2D eigenvalue weighted by Crippen LogP contribution is 2.55. The summed E-state index contributed by atoms with van der Waals surface area (Å²) >= 11 is 1.45. The van der Waals surface area contributed by atoms with Gasteiger partial charge in [-0.15, -0.1) is 11.8 Å². The van der Waals surface area contributed by atoms with Crippen molar-refractivity contribution in [3.05, 3.63) is 60.2 Å². The summed E-state index contributed by atoms with van der Waals surface area (Å²) in [6.07, 6.45) is 7.58. The topological polar surface area (TPSA) is 58.2 Å². The van der Waals surface area contributed by atoms with E-state index in [9.17, 15) is 9.59 Å². The molecule has 4 saturated carbocycles. The van der Waals surface area contributed by atoms with Crippen LogP contribution >= 0.6 is 11.8 Å². The van der Waals surface area contributed by atoms with Crippen molar-refractivity contribution < 1.29 is 9.59 Å². The summed E-state index contributed by atoms with van der Waals surface area (Å²) in [5, 5.41) is 6.36. The van der Waals surface area contributed by atoms with Crippen molar-refractivity contribution >= 4 is 29.3 Å². The molecule has 2 amide bonds. The number of rotatable bonds is 6. The quantitative estimate of drug-likeness (QED) is 0.638. The van der Waals surface area contributed by atoms with Crippen LogP contribution in [0.3, 0.4) is 0 Å². The summed E-state index contributed by atoms with van der Waals surface area (Å²) < 4.78 is 0. The first kappa shape index (κ1) is 19.7. The van der Waals surface area contributed by atoms with Gasteiger partial charge in [0.1, 0.15) is 0 Å². The van der Waals surface area contributed by atoms with Crippen LogP contribution in [0.1, 0.15) is 48.9 Å². The van der Waals surface area contributed by atoms with Crippen LogP contribution in [0.4, 0.5) is 5.69 Å². The number of carbonyl (C=O) groups is 2. The monoisotopic (exact) mass is 420 g/mol. The molecule has 4 nitrogen and oxygen atoms in total. The maximum atomic E-state index is 12.8. The van der Waals surface area contributed by atoms with E-state index in [1.807, 2.05) is 54.6 Å². The second-order valence-corrected chi connectivity index (χ2v) is 10.4. The lowest BCUT2D eigenvalue weighted by atomic mass is 9.53. The summed E-state index contributed by atoms with van der Waals surface area (Å²) in [7, 11) is 0. The Labute approximate surface area is 182 Å². The maximum absolute atomic E-state index is 12.8. The van der Waals surface area contributed by atoms with Gasteiger partial charge in [-0.05, 0) is 80.5 Å². The molecule has 0 heterocycles. The molecule has 30 heavy (non-hydrogen) atoms. The van der Waals surface area contributed by atoms with Gasteiger partial charge < -0.3 is 10.6 Å². The molecule has 4 aliphatic rings. The minimum Gasteiger partial charge on any atom is -0.350 e. The molecule has 156 valence electrons. The lowest BCUT2D eigenvalue weighted by Gasteiger charge is -2.56. The normalized spacial score (nSPS) is 28.9. The SMILES string of the molecule is O=C(CSc1ccccc1C(=O)Nc1ccccc1)NC12CC3CC(CC(C3)C1)C2. The van der Waals surface area contributed by atoms with E-state index in [0.29, 0.717) is 11.3 Å². The van der Waals surface area contributed by atoms with Crippen molar-refractivity contribution in [1.29, 1.82) is 0 Å². The molecule has 0 radical (unpaired) electrons. The van der Waals surface area contributed by atoms with Gasteiger partial charge in [0.05, 0.1) is 11.3 Å². The van der Waals surface area contributed by atoms with Crippen molar-refractivity contribution in [2.45, 2.75) is 49.0 Å². The van der Waals surface area contributed by atoms with Crippen LogP contribution in [0.15, 0.2) is 59.5 Å². The van der Waals surface area contributed by atoms with E-state index in [1.54, 1.807) is 0 Å². The lowest BCUT2D eigenvalue weighted by Crippen LogP contribution is -2.60. The van der Waals surface area contributed by atoms with E-state index in [1.165, 1.54) is 31.0 Å². The molecule has 4 fully saturated rings. The van der Waals surface area contributed by atoms with Crippen LogP contribution in [-0.4, -0.2) is 23.1 Å². The Balaban J connectivity index is 1.22. The molecular formula is C25H28N2O2S. The number of carbonyl (C=O) groups excluding carboxylic acids is 2. The number of hydrogen-bond acceptors (Lipinski definition) is 3. The molecule has 4 aliphatic carbocycles. The maximum Gasteiger partial charge on any atom is 0.256 e. The van der Waals surface area contributed by atoms with Gasteiger partial charge in [-0.1, -0.05) is 30.3 Å². The standard InChI is InChI=1S/C25H28N2O2S/c28-23(27-25-13-17-10-18(14-25)12-19(11-17)15-25)16-30-22-9-5-4-8-21(22)24(29)26-20-6-2-1-3-7-20/h1-9,17-19H,10-16H2,(H,26,29)(H,27,28). The van der Waals surface area contributed by atoms with Crippen molar-refractivity contribution in [3.63, 3.8) is 0 Å². The number of amides is 2. The zero-order chi connectivity index (χ0) is 20.6. The molecule has 4 bridgehead atoms. The number of benzene rings is 2. The third-order valence-corrected chi connectivity index (χ3v) is 8.04. The van der Waals surface area contributed by atoms with Crippen LogP contribution in [0.5, 0.6) is 0 Å². The van der Waals surface area contributed by atoms with Crippen LogP contribution in [-0.2, 0) is 4.79 Å². The Bertz CT molecular complexity index is 908. The lowest BCUT2D eigenvalue weighted by molar-refractivity contribution is -0.124. The Hall–Kier alpha value is -2.27. The van der Waals surface area contributed by atoms with Crippen molar-refractivity contribution in [2.24, 2.45) is 17.8 Å². The zero-order valence-electron chi connectivity index (χ0n) is 17.1. The Kier molecular flexibility index (Phi) is 5.32. The number of anilines is 1. The van der Waals surface area contributed by atoms with Crippen LogP contribution in [0, 0.1) is 17.8 Å². The fourth-order valence-electron chi connectivity index (χ4n) is 6.24. The van der Waals surface area contributed by atoms with Crippen LogP contribution < -0.4 is 10.6 Å². The predicted octanol–water partition coefficient (Wildman–Crippen LogP) is 5.12. The number of thioether (sulfide) groups is 1. The van der Waals surface area contributed by atoms with Gasteiger partial charge >= 0.3 is 0 Å². The first-order valence-corrected chi connectivity index (χ1v) is 12.0. The molecule has 2 N–H and O–H groups in total. The number of hydrogen-bond donors (Lipinski definition) is 2. The second kappa shape index (κ2) is 8.10. The second-order valence-electron chi connectivity index (χ2n) is 9.35. The largest absolute Gasteiger partial charge is 0.350 e. The molecule has 2 aromatic rings. The zero-order valence-corrected chi connectivity index (χ0v) is 17.9. The fraction of sp³-hybridized carbons (Fsp3) is 0.440. The van der Waals surface area contributed by atoms with Crippen LogP contribution in [0.2, 0.25) is 0 Å².